The van der Waals surface area contributed by atoms with Crippen LogP contribution >= 0.6 is 0 Å². The summed E-state index contributed by atoms with van der Waals surface area (Å²) in [4.78, 5) is 13.3. The number of rotatable bonds is 3. The number of fused-ring (bicyclic) bond motifs is 1. The number of carbonyl (C=O) groups is 1. The summed E-state index contributed by atoms with van der Waals surface area (Å²) < 4.78 is 0. The predicted octanol–water partition coefficient (Wildman–Crippen LogP) is 2.16. The van der Waals surface area contributed by atoms with Crippen molar-refractivity contribution in [2.45, 2.75) is 19.8 Å². The molecule has 0 amide bonds. The molecule has 0 spiro atoms. The summed E-state index contributed by atoms with van der Waals surface area (Å²) in [5.74, 6) is 4.88. The molecule has 1 N–H and O–H groups in total. The Balaban J connectivity index is 2.21. The normalized spacial score (nSPS) is 17.6. The molecule has 1 aromatic carbocycles. The fraction of sp³-hybridized carbons (Fsp3) is 0.400. The maximum atomic E-state index is 11.2. The third kappa shape index (κ3) is 2.65. The molecule has 94 valence electrons. The van der Waals surface area contributed by atoms with Crippen LogP contribution in [0.5, 0.6) is 0 Å². The molecule has 2 rings (SSSR count). The van der Waals surface area contributed by atoms with E-state index in [1.807, 2.05) is 25.1 Å². The van der Waals surface area contributed by atoms with Gasteiger partial charge in [-0.3, -0.25) is 4.79 Å². The molecule has 3 nitrogen and oxygen atoms in total. The van der Waals surface area contributed by atoms with Crippen molar-refractivity contribution in [2.75, 3.05) is 18.0 Å². The summed E-state index contributed by atoms with van der Waals surface area (Å²) in [5.41, 5.74) is 2.29. The Hall–Kier alpha value is -1.95. The lowest BCUT2D eigenvalue weighted by molar-refractivity contribution is -0.141. The van der Waals surface area contributed by atoms with Gasteiger partial charge in [0, 0.05) is 25.2 Å². The van der Waals surface area contributed by atoms with Crippen molar-refractivity contribution >= 4 is 11.7 Å². The Labute approximate surface area is 107 Å². The van der Waals surface area contributed by atoms with Crippen molar-refractivity contribution < 1.29 is 9.90 Å². The molecule has 0 radical (unpaired) electrons. The van der Waals surface area contributed by atoms with Gasteiger partial charge < -0.3 is 10.0 Å². The fourth-order valence-corrected chi connectivity index (χ4v) is 2.38. The van der Waals surface area contributed by atoms with Gasteiger partial charge in [-0.1, -0.05) is 18.2 Å². The average molecular weight is 243 g/mol. The van der Waals surface area contributed by atoms with Crippen LogP contribution in [0.1, 0.15) is 18.9 Å². The van der Waals surface area contributed by atoms with Crippen molar-refractivity contribution in [3.05, 3.63) is 29.8 Å². The molecule has 0 bridgehead atoms. The van der Waals surface area contributed by atoms with E-state index in [1.54, 1.807) is 0 Å². The first-order valence-corrected chi connectivity index (χ1v) is 6.17. The number of carboxylic acid groups (broad SMARTS) is 1. The molecule has 0 saturated heterocycles. The van der Waals surface area contributed by atoms with Gasteiger partial charge in [0.1, 0.15) is 0 Å². The molecule has 1 aliphatic heterocycles. The highest BCUT2D eigenvalue weighted by Crippen LogP contribution is 2.29. The summed E-state index contributed by atoms with van der Waals surface area (Å²) in [6.45, 7) is 3.20. The lowest BCUT2D eigenvalue weighted by atomic mass is 9.92. The van der Waals surface area contributed by atoms with Gasteiger partial charge in [-0.25, -0.2) is 0 Å². The second-order valence-corrected chi connectivity index (χ2v) is 4.49. The first-order valence-electron chi connectivity index (χ1n) is 6.17. The van der Waals surface area contributed by atoms with E-state index < -0.39 is 5.97 Å². The topological polar surface area (TPSA) is 40.5 Å². The largest absolute Gasteiger partial charge is 0.481 e. The van der Waals surface area contributed by atoms with E-state index in [2.05, 4.69) is 22.8 Å². The Morgan fingerprint density at radius 3 is 3.00 bits per heavy atom. The van der Waals surface area contributed by atoms with E-state index in [4.69, 9.17) is 0 Å². The van der Waals surface area contributed by atoms with E-state index in [0.717, 1.165) is 24.2 Å². The quantitative estimate of drug-likeness (QED) is 0.827. The van der Waals surface area contributed by atoms with Crippen LogP contribution in [0.15, 0.2) is 24.3 Å². The molecule has 3 heteroatoms. The number of anilines is 1. The number of benzene rings is 1. The smallest absolute Gasteiger partial charge is 0.308 e. The summed E-state index contributed by atoms with van der Waals surface area (Å²) >= 11 is 0. The zero-order valence-electron chi connectivity index (χ0n) is 10.5. The number of aliphatic carboxylic acids is 1. The predicted molar refractivity (Wildman–Crippen MR) is 71.6 cm³/mol. The minimum Gasteiger partial charge on any atom is -0.481 e. The van der Waals surface area contributed by atoms with Crippen LogP contribution in [-0.2, 0) is 11.2 Å². The number of hydrogen-bond acceptors (Lipinski definition) is 2. The SMILES string of the molecule is CC#CCCN1CC(C(=O)O)Cc2ccccc21. The molecule has 1 atom stereocenters. The van der Waals surface area contributed by atoms with Gasteiger partial charge in [-0.15, -0.1) is 11.8 Å². The number of hydrogen-bond donors (Lipinski definition) is 1. The highest BCUT2D eigenvalue weighted by Gasteiger charge is 2.28. The van der Waals surface area contributed by atoms with Crippen LogP contribution in [0.25, 0.3) is 0 Å². The summed E-state index contributed by atoms with van der Waals surface area (Å²) in [5, 5.41) is 9.20. The third-order valence-electron chi connectivity index (χ3n) is 3.27. The maximum absolute atomic E-state index is 11.2. The fourth-order valence-electron chi connectivity index (χ4n) is 2.38. The summed E-state index contributed by atoms with van der Waals surface area (Å²) in [7, 11) is 0. The Kier molecular flexibility index (Phi) is 3.88. The van der Waals surface area contributed by atoms with Gasteiger partial charge in [-0.2, -0.15) is 0 Å². The van der Waals surface area contributed by atoms with Gasteiger partial charge in [0.05, 0.1) is 5.92 Å². The van der Waals surface area contributed by atoms with E-state index in [-0.39, 0.29) is 5.92 Å². The molecule has 0 aromatic heterocycles. The van der Waals surface area contributed by atoms with Crippen LogP contribution in [0.3, 0.4) is 0 Å². The van der Waals surface area contributed by atoms with Crippen LogP contribution in [0.4, 0.5) is 5.69 Å². The third-order valence-corrected chi connectivity index (χ3v) is 3.27. The van der Waals surface area contributed by atoms with Gasteiger partial charge in [0.25, 0.3) is 0 Å². The Morgan fingerprint density at radius 2 is 2.28 bits per heavy atom. The van der Waals surface area contributed by atoms with E-state index in [1.165, 1.54) is 0 Å². The summed E-state index contributed by atoms with van der Waals surface area (Å²) in [6, 6.07) is 8.04. The molecule has 1 aliphatic rings. The minimum absolute atomic E-state index is 0.311. The van der Waals surface area contributed by atoms with Crippen molar-refractivity contribution in [1.29, 1.82) is 0 Å². The van der Waals surface area contributed by atoms with Crippen LogP contribution in [0.2, 0.25) is 0 Å². The molecule has 1 heterocycles. The van der Waals surface area contributed by atoms with E-state index in [9.17, 15) is 9.90 Å². The first kappa shape index (κ1) is 12.5. The zero-order valence-corrected chi connectivity index (χ0v) is 10.5. The standard InChI is InChI=1S/C15H17NO2/c1-2-3-6-9-16-11-13(15(17)18)10-12-7-4-5-8-14(12)16/h4-5,7-8,13H,6,9-11H2,1H3,(H,17,18). The summed E-state index contributed by atoms with van der Waals surface area (Å²) in [6.07, 6.45) is 1.40. The van der Waals surface area contributed by atoms with Gasteiger partial charge >= 0.3 is 5.97 Å². The molecule has 0 aliphatic carbocycles. The molecule has 0 saturated carbocycles. The van der Waals surface area contributed by atoms with Crippen molar-refractivity contribution in [3.63, 3.8) is 0 Å². The number of carboxylic acids is 1. The van der Waals surface area contributed by atoms with E-state index in [0.29, 0.717) is 13.0 Å². The highest BCUT2D eigenvalue weighted by molar-refractivity contribution is 5.73. The van der Waals surface area contributed by atoms with Crippen LogP contribution < -0.4 is 4.90 Å². The highest BCUT2D eigenvalue weighted by atomic mass is 16.4. The molecular formula is C15H17NO2. The van der Waals surface area contributed by atoms with Crippen molar-refractivity contribution in [2.24, 2.45) is 5.92 Å². The monoisotopic (exact) mass is 243 g/mol. The number of para-hydroxylation sites is 1. The molecular weight excluding hydrogens is 226 g/mol. The molecule has 18 heavy (non-hydrogen) atoms. The van der Waals surface area contributed by atoms with Gasteiger partial charge in [0.15, 0.2) is 0 Å². The van der Waals surface area contributed by atoms with Crippen molar-refractivity contribution in [1.82, 2.24) is 0 Å². The molecule has 1 aromatic rings. The zero-order chi connectivity index (χ0) is 13.0. The first-order chi connectivity index (χ1) is 8.72. The van der Waals surface area contributed by atoms with E-state index >= 15 is 0 Å². The average Bonchev–Trinajstić information content (AvgIpc) is 2.38. The second-order valence-electron chi connectivity index (χ2n) is 4.49. The maximum Gasteiger partial charge on any atom is 0.308 e. The van der Waals surface area contributed by atoms with Gasteiger partial charge in [0.2, 0.25) is 0 Å². The lowest BCUT2D eigenvalue weighted by Gasteiger charge is -2.34. The number of nitrogens with zero attached hydrogens (tertiary/aromatic N) is 1. The molecule has 1 unspecified atom stereocenters. The second kappa shape index (κ2) is 5.59. The van der Waals surface area contributed by atoms with Crippen molar-refractivity contribution in [3.8, 4) is 11.8 Å². The van der Waals surface area contributed by atoms with Crippen LogP contribution in [-0.4, -0.2) is 24.2 Å². The van der Waals surface area contributed by atoms with Crippen LogP contribution in [0, 0.1) is 17.8 Å². The lowest BCUT2D eigenvalue weighted by Crippen LogP contribution is -2.39. The Bertz CT molecular complexity index is 499. The van der Waals surface area contributed by atoms with Gasteiger partial charge in [-0.05, 0) is 25.0 Å². The Morgan fingerprint density at radius 1 is 1.50 bits per heavy atom. The minimum atomic E-state index is -0.712. The molecule has 0 fully saturated rings.